The highest BCUT2D eigenvalue weighted by Gasteiger charge is 2.23. The number of amides is 1. The molecule has 4 rings (SSSR count). The van der Waals surface area contributed by atoms with E-state index in [9.17, 15) is 9.18 Å². The molecule has 2 heterocycles. The first-order chi connectivity index (χ1) is 13.2. The maximum absolute atomic E-state index is 13.3. The Bertz CT molecular complexity index is 921. The van der Waals surface area contributed by atoms with Gasteiger partial charge < -0.3 is 10.1 Å². The Morgan fingerprint density at radius 2 is 1.89 bits per heavy atom. The van der Waals surface area contributed by atoms with Gasteiger partial charge >= 0.3 is 0 Å². The molecule has 1 aliphatic rings. The van der Waals surface area contributed by atoms with Crippen molar-refractivity contribution >= 4 is 16.9 Å². The molecule has 0 aliphatic carbocycles. The number of H-pyrrole nitrogens is 1. The van der Waals surface area contributed by atoms with Gasteiger partial charge in [0.2, 0.25) is 0 Å². The van der Waals surface area contributed by atoms with Gasteiger partial charge in [-0.15, -0.1) is 0 Å². The van der Waals surface area contributed by atoms with E-state index in [-0.39, 0.29) is 17.8 Å². The zero-order chi connectivity index (χ0) is 18.6. The summed E-state index contributed by atoms with van der Waals surface area (Å²) < 4.78 is 18.7. The normalized spacial score (nSPS) is 16.3. The van der Waals surface area contributed by atoms with E-state index in [4.69, 9.17) is 4.74 Å². The van der Waals surface area contributed by atoms with Gasteiger partial charge in [0.25, 0.3) is 5.91 Å². The first kappa shape index (κ1) is 17.6. The molecule has 1 aromatic heterocycles. The van der Waals surface area contributed by atoms with E-state index in [1.54, 1.807) is 30.3 Å². The van der Waals surface area contributed by atoms with E-state index >= 15 is 0 Å². The summed E-state index contributed by atoms with van der Waals surface area (Å²) in [6.45, 7) is 3.25. The molecule has 2 aromatic carbocycles. The minimum absolute atomic E-state index is 0.0470. The molecule has 3 aromatic rings. The lowest BCUT2D eigenvalue weighted by molar-refractivity contribution is 0.0162. The fourth-order valence-electron chi connectivity index (χ4n) is 3.30. The van der Waals surface area contributed by atoms with Gasteiger partial charge in [0.1, 0.15) is 16.9 Å². The number of halogens is 1. The number of carbonyl (C=O) groups is 1. The predicted molar refractivity (Wildman–Crippen MR) is 97.8 cm³/mol. The number of rotatable bonds is 5. The minimum Gasteiger partial charge on any atom is -0.379 e. The molecule has 1 atom stereocenters. The molecular formula is C19H20FN5O2. The molecule has 0 bridgehead atoms. The van der Waals surface area contributed by atoms with Crippen molar-refractivity contribution in [3.05, 3.63) is 59.4 Å². The Morgan fingerprint density at radius 1 is 1.15 bits per heavy atom. The Balaban J connectivity index is 1.50. The number of aromatic amines is 1. The quantitative estimate of drug-likeness (QED) is 0.718. The summed E-state index contributed by atoms with van der Waals surface area (Å²) in [5.74, 6) is -0.454. The number of hydrogen-bond donors (Lipinski definition) is 2. The van der Waals surface area contributed by atoms with Crippen LogP contribution in [0, 0.1) is 5.82 Å². The molecular weight excluding hydrogens is 349 g/mol. The van der Waals surface area contributed by atoms with Crippen LogP contribution in [0.4, 0.5) is 4.39 Å². The summed E-state index contributed by atoms with van der Waals surface area (Å²) >= 11 is 0. The molecule has 0 spiro atoms. The number of morpholine rings is 1. The average Bonchev–Trinajstić information content (AvgIpc) is 3.18. The summed E-state index contributed by atoms with van der Waals surface area (Å²) in [6, 6.07) is 11.6. The highest BCUT2D eigenvalue weighted by Crippen LogP contribution is 2.22. The van der Waals surface area contributed by atoms with Gasteiger partial charge in [-0.05, 0) is 35.9 Å². The molecule has 0 radical (unpaired) electrons. The van der Waals surface area contributed by atoms with E-state index in [2.05, 4.69) is 25.6 Å². The maximum Gasteiger partial charge on any atom is 0.251 e. The first-order valence-electron chi connectivity index (χ1n) is 8.87. The molecule has 8 heteroatoms. The second kappa shape index (κ2) is 7.81. The number of nitrogens with zero attached hydrogens (tertiary/aromatic N) is 3. The number of ether oxygens (including phenoxy) is 1. The topological polar surface area (TPSA) is 83.1 Å². The number of hydrogen-bond acceptors (Lipinski definition) is 5. The molecule has 1 fully saturated rings. The van der Waals surface area contributed by atoms with Crippen LogP contribution < -0.4 is 5.32 Å². The van der Waals surface area contributed by atoms with Gasteiger partial charge in [-0.3, -0.25) is 9.69 Å². The zero-order valence-corrected chi connectivity index (χ0v) is 14.7. The first-order valence-corrected chi connectivity index (χ1v) is 8.87. The van der Waals surface area contributed by atoms with Crippen molar-refractivity contribution in [1.29, 1.82) is 0 Å². The van der Waals surface area contributed by atoms with Gasteiger partial charge in [-0.25, -0.2) is 4.39 Å². The fraction of sp³-hybridized carbons (Fsp3) is 0.316. The Labute approximate surface area is 155 Å². The number of aromatic nitrogens is 3. The second-order valence-electron chi connectivity index (χ2n) is 6.45. The SMILES string of the molecule is O=C(NCC(c1ccc(F)cc1)N1CCOCC1)c1ccc2n[nH]nc2c1. The Hall–Kier alpha value is -2.84. The maximum atomic E-state index is 13.3. The minimum atomic E-state index is -0.274. The third-order valence-electron chi connectivity index (χ3n) is 4.78. The van der Waals surface area contributed by atoms with Crippen LogP contribution in [-0.4, -0.2) is 59.1 Å². The van der Waals surface area contributed by atoms with E-state index < -0.39 is 0 Å². The van der Waals surface area contributed by atoms with Crippen LogP contribution in [-0.2, 0) is 4.74 Å². The zero-order valence-electron chi connectivity index (χ0n) is 14.7. The van der Waals surface area contributed by atoms with Crippen LogP contribution in [0.3, 0.4) is 0 Å². The van der Waals surface area contributed by atoms with Crippen LogP contribution >= 0.6 is 0 Å². The molecule has 1 unspecified atom stereocenters. The van der Waals surface area contributed by atoms with Crippen LogP contribution in [0.1, 0.15) is 22.0 Å². The monoisotopic (exact) mass is 369 g/mol. The van der Waals surface area contributed by atoms with Gasteiger partial charge in [0.15, 0.2) is 0 Å². The molecule has 1 amide bonds. The average molecular weight is 369 g/mol. The van der Waals surface area contributed by atoms with Crippen molar-refractivity contribution in [2.24, 2.45) is 0 Å². The highest BCUT2D eigenvalue weighted by atomic mass is 19.1. The van der Waals surface area contributed by atoms with Gasteiger partial charge in [-0.2, -0.15) is 15.4 Å². The van der Waals surface area contributed by atoms with E-state index in [1.165, 1.54) is 12.1 Å². The largest absolute Gasteiger partial charge is 0.379 e. The van der Waals surface area contributed by atoms with E-state index in [0.29, 0.717) is 36.4 Å². The lowest BCUT2D eigenvalue weighted by atomic mass is 10.0. The van der Waals surface area contributed by atoms with E-state index in [1.807, 2.05) is 0 Å². The summed E-state index contributed by atoms with van der Waals surface area (Å²) in [6.07, 6.45) is 0. The lowest BCUT2D eigenvalue weighted by Crippen LogP contribution is -2.43. The van der Waals surface area contributed by atoms with Crippen LogP contribution in [0.5, 0.6) is 0 Å². The summed E-state index contributed by atoms with van der Waals surface area (Å²) in [4.78, 5) is 14.9. The van der Waals surface area contributed by atoms with Gasteiger partial charge in [0, 0.05) is 25.2 Å². The van der Waals surface area contributed by atoms with Gasteiger partial charge in [-0.1, -0.05) is 12.1 Å². The van der Waals surface area contributed by atoms with Crippen LogP contribution in [0.2, 0.25) is 0 Å². The van der Waals surface area contributed by atoms with E-state index in [0.717, 1.165) is 18.7 Å². The highest BCUT2D eigenvalue weighted by molar-refractivity contribution is 5.97. The van der Waals surface area contributed by atoms with Crippen molar-refractivity contribution in [1.82, 2.24) is 25.6 Å². The molecule has 1 aliphatic heterocycles. The molecule has 0 saturated carbocycles. The summed E-state index contributed by atoms with van der Waals surface area (Å²) in [5, 5.41) is 13.5. The summed E-state index contributed by atoms with van der Waals surface area (Å²) in [5.41, 5.74) is 2.84. The predicted octanol–water partition coefficient (Wildman–Crippen LogP) is 1.90. The molecule has 7 nitrogen and oxygen atoms in total. The third kappa shape index (κ3) is 3.96. The van der Waals surface area contributed by atoms with Crippen molar-refractivity contribution < 1.29 is 13.9 Å². The Morgan fingerprint density at radius 3 is 2.67 bits per heavy atom. The van der Waals surface area contributed by atoms with Crippen LogP contribution in [0.25, 0.3) is 11.0 Å². The standard InChI is InChI=1S/C19H20FN5O2/c20-15-4-1-13(2-5-15)18(25-7-9-27-10-8-25)12-21-19(26)14-3-6-16-17(11-14)23-24-22-16/h1-6,11,18H,7-10,12H2,(H,21,26)(H,22,23,24). The van der Waals surface area contributed by atoms with Crippen molar-refractivity contribution in [2.45, 2.75) is 6.04 Å². The lowest BCUT2D eigenvalue weighted by Gasteiger charge is -2.35. The van der Waals surface area contributed by atoms with Crippen LogP contribution in [0.15, 0.2) is 42.5 Å². The molecule has 140 valence electrons. The Kier molecular flexibility index (Phi) is 5.08. The molecule has 2 N–H and O–H groups in total. The fourth-order valence-corrected chi connectivity index (χ4v) is 3.30. The molecule has 27 heavy (non-hydrogen) atoms. The third-order valence-corrected chi connectivity index (χ3v) is 4.78. The van der Waals surface area contributed by atoms with Crippen molar-refractivity contribution in [3.8, 4) is 0 Å². The van der Waals surface area contributed by atoms with Crippen molar-refractivity contribution in [3.63, 3.8) is 0 Å². The van der Waals surface area contributed by atoms with Crippen molar-refractivity contribution in [2.75, 3.05) is 32.8 Å². The number of carbonyl (C=O) groups excluding carboxylic acids is 1. The summed E-state index contributed by atoms with van der Waals surface area (Å²) in [7, 11) is 0. The van der Waals surface area contributed by atoms with Gasteiger partial charge in [0.05, 0.1) is 19.3 Å². The number of benzene rings is 2. The number of nitrogens with one attached hydrogen (secondary N) is 2. The molecule has 1 saturated heterocycles. The smallest absolute Gasteiger partial charge is 0.251 e. The number of fused-ring (bicyclic) bond motifs is 1. The second-order valence-corrected chi connectivity index (χ2v) is 6.45.